The van der Waals surface area contributed by atoms with Gasteiger partial charge in [-0.2, -0.15) is 0 Å². The Labute approximate surface area is 68.0 Å². The fraction of sp³-hybridized carbons (Fsp3) is 1.00. The van der Waals surface area contributed by atoms with Crippen LogP contribution in [0.15, 0.2) is 0 Å². The molecule has 0 N–H and O–H groups in total. The van der Waals surface area contributed by atoms with Crippen molar-refractivity contribution >= 4 is 11.6 Å². The summed E-state index contributed by atoms with van der Waals surface area (Å²) >= 11 is 6.32. The highest BCUT2D eigenvalue weighted by molar-refractivity contribution is 6.26. The minimum atomic E-state index is 0.292. The average Bonchev–Trinajstić information content (AvgIpc) is 2.72. The SMILES string of the molecule is ClC1(C2CCCCC2)CC1. The summed E-state index contributed by atoms with van der Waals surface area (Å²) in [5.74, 6) is 0.878. The van der Waals surface area contributed by atoms with Gasteiger partial charge in [0.2, 0.25) is 0 Å². The Morgan fingerprint density at radius 1 is 1.00 bits per heavy atom. The Bertz CT molecular complexity index is 121. The van der Waals surface area contributed by atoms with Gasteiger partial charge in [0, 0.05) is 4.87 Å². The number of rotatable bonds is 1. The molecule has 0 spiro atoms. The van der Waals surface area contributed by atoms with E-state index in [0.29, 0.717) is 4.87 Å². The highest BCUT2D eigenvalue weighted by atomic mass is 35.5. The van der Waals surface area contributed by atoms with Crippen molar-refractivity contribution in [1.29, 1.82) is 0 Å². The van der Waals surface area contributed by atoms with Crippen molar-refractivity contribution in [3.63, 3.8) is 0 Å². The summed E-state index contributed by atoms with van der Waals surface area (Å²) in [4.78, 5) is 0.292. The molecule has 0 heterocycles. The van der Waals surface area contributed by atoms with Gasteiger partial charge in [-0.15, -0.1) is 11.6 Å². The highest BCUT2D eigenvalue weighted by Gasteiger charge is 2.47. The maximum Gasteiger partial charge on any atom is 0.0476 e. The molecule has 0 aliphatic heterocycles. The molecule has 1 heteroatoms. The predicted molar refractivity (Wildman–Crippen MR) is 44.4 cm³/mol. The lowest BCUT2D eigenvalue weighted by atomic mass is 9.85. The lowest BCUT2D eigenvalue weighted by molar-refractivity contribution is 0.337. The van der Waals surface area contributed by atoms with E-state index in [1.807, 2.05) is 0 Å². The molecule has 0 amide bonds. The van der Waals surface area contributed by atoms with Crippen molar-refractivity contribution in [3.8, 4) is 0 Å². The first kappa shape index (κ1) is 6.97. The molecule has 2 rings (SSSR count). The van der Waals surface area contributed by atoms with Crippen LogP contribution in [0.4, 0.5) is 0 Å². The van der Waals surface area contributed by atoms with Gasteiger partial charge in [-0.1, -0.05) is 19.3 Å². The second kappa shape index (κ2) is 2.41. The lowest BCUT2D eigenvalue weighted by Crippen LogP contribution is -2.18. The summed E-state index contributed by atoms with van der Waals surface area (Å²) in [6, 6.07) is 0. The molecule has 0 unspecified atom stereocenters. The van der Waals surface area contributed by atoms with Crippen molar-refractivity contribution in [2.24, 2.45) is 5.92 Å². The molecule has 0 aromatic heterocycles. The molecule has 2 fully saturated rings. The maximum absolute atomic E-state index is 6.32. The third-order valence-electron chi connectivity index (χ3n) is 3.06. The topological polar surface area (TPSA) is 0 Å². The molecule has 2 saturated carbocycles. The van der Waals surface area contributed by atoms with Crippen molar-refractivity contribution in [2.45, 2.75) is 49.8 Å². The van der Waals surface area contributed by atoms with Crippen molar-refractivity contribution in [3.05, 3.63) is 0 Å². The van der Waals surface area contributed by atoms with Crippen LogP contribution >= 0.6 is 11.6 Å². The summed E-state index contributed by atoms with van der Waals surface area (Å²) in [5.41, 5.74) is 0. The largest absolute Gasteiger partial charge is 0.119 e. The number of hydrogen-bond acceptors (Lipinski definition) is 0. The molecule has 0 bridgehead atoms. The molecule has 2 aliphatic carbocycles. The Morgan fingerprint density at radius 2 is 1.60 bits per heavy atom. The first-order valence-electron chi connectivity index (χ1n) is 4.50. The fourth-order valence-corrected chi connectivity index (χ4v) is 2.46. The Morgan fingerprint density at radius 3 is 2.10 bits per heavy atom. The molecule has 0 saturated heterocycles. The standard InChI is InChI=1S/C9H15Cl/c10-9(6-7-9)8-4-2-1-3-5-8/h8H,1-7H2. The minimum Gasteiger partial charge on any atom is -0.119 e. The second-order valence-corrected chi connectivity index (χ2v) is 4.62. The monoisotopic (exact) mass is 158 g/mol. The number of halogens is 1. The predicted octanol–water partition coefficient (Wildman–Crippen LogP) is 3.34. The van der Waals surface area contributed by atoms with E-state index in [9.17, 15) is 0 Å². The molecule has 10 heavy (non-hydrogen) atoms. The van der Waals surface area contributed by atoms with E-state index in [1.54, 1.807) is 0 Å². The van der Waals surface area contributed by atoms with Crippen LogP contribution < -0.4 is 0 Å². The first-order chi connectivity index (χ1) is 4.81. The van der Waals surface area contributed by atoms with Crippen LogP contribution in [0.25, 0.3) is 0 Å². The van der Waals surface area contributed by atoms with Crippen molar-refractivity contribution in [1.82, 2.24) is 0 Å². The molecule has 0 nitrogen and oxygen atoms in total. The Hall–Kier alpha value is 0.290. The maximum atomic E-state index is 6.32. The van der Waals surface area contributed by atoms with Crippen molar-refractivity contribution < 1.29 is 0 Å². The van der Waals surface area contributed by atoms with Crippen LogP contribution in [-0.2, 0) is 0 Å². The highest BCUT2D eigenvalue weighted by Crippen LogP contribution is 2.53. The van der Waals surface area contributed by atoms with Crippen LogP contribution in [0.5, 0.6) is 0 Å². The smallest absolute Gasteiger partial charge is 0.0476 e. The van der Waals surface area contributed by atoms with Gasteiger partial charge < -0.3 is 0 Å². The number of hydrogen-bond donors (Lipinski definition) is 0. The van der Waals surface area contributed by atoms with Gasteiger partial charge in [0.05, 0.1) is 0 Å². The van der Waals surface area contributed by atoms with E-state index in [4.69, 9.17) is 11.6 Å². The van der Waals surface area contributed by atoms with Crippen LogP contribution in [0.1, 0.15) is 44.9 Å². The third-order valence-corrected chi connectivity index (χ3v) is 3.75. The summed E-state index contributed by atoms with van der Waals surface area (Å²) in [7, 11) is 0. The third kappa shape index (κ3) is 1.18. The van der Waals surface area contributed by atoms with Crippen LogP contribution in [0.3, 0.4) is 0 Å². The van der Waals surface area contributed by atoms with E-state index >= 15 is 0 Å². The zero-order valence-corrected chi connectivity index (χ0v) is 7.16. The molecule has 58 valence electrons. The van der Waals surface area contributed by atoms with Gasteiger partial charge >= 0.3 is 0 Å². The van der Waals surface area contributed by atoms with Gasteiger partial charge in [-0.3, -0.25) is 0 Å². The zero-order valence-electron chi connectivity index (χ0n) is 6.41. The van der Waals surface area contributed by atoms with Crippen LogP contribution in [0.2, 0.25) is 0 Å². The summed E-state index contributed by atoms with van der Waals surface area (Å²) < 4.78 is 0. The van der Waals surface area contributed by atoms with E-state index in [2.05, 4.69) is 0 Å². The van der Waals surface area contributed by atoms with E-state index in [1.165, 1.54) is 44.9 Å². The summed E-state index contributed by atoms with van der Waals surface area (Å²) in [5, 5.41) is 0. The molecular weight excluding hydrogens is 144 g/mol. The lowest BCUT2D eigenvalue weighted by Gasteiger charge is -2.25. The van der Waals surface area contributed by atoms with Crippen LogP contribution in [-0.4, -0.2) is 4.87 Å². The average molecular weight is 159 g/mol. The molecular formula is C9H15Cl. The zero-order chi connectivity index (χ0) is 7.03. The molecule has 0 atom stereocenters. The molecule has 0 radical (unpaired) electrons. The number of alkyl halides is 1. The van der Waals surface area contributed by atoms with Gasteiger partial charge in [0.15, 0.2) is 0 Å². The normalized spacial score (nSPS) is 32.1. The van der Waals surface area contributed by atoms with E-state index in [-0.39, 0.29) is 0 Å². The molecule has 2 aliphatic rings. The van der Waals surface area contributed by atoms with Crippen LogP contribution in [0, 0.1) is 5.92 Å². The van der Waals surface area contributed by atoms with E-state index < -0.39 is 0 Å². The molecule has 0 aromatic rings. The Balaban J connectivity index is 1.91. The van der Waals surface area contributed by atoms with Gasteiger partial charge in [-0.05, 0) is 31.6 Å². The quantitative estimate of drug-likeness (QED) is 0.514. The second-order valence-electron chi connectivity index (χ2n) is 3.87. The summed E-state index contributed by atoms with van der Waals surface area (Å²) in [6.07, 6.45) is 9.70. The minimum absolute atomic E-state index is 0.292. The summed E-state index contributed by atoms with van der Waals surface area (Å²) in [6.45, 7) is 0. The van der Waals surface area contributed by atoms with Gasteiger partial charge in [-0.25, -0.2) is 0 Å². The fourth-order valence-electron chi connectivity index (χ4n) is 2.15. The van der Waals surface area contributed by atoms with Crippen molar-refractivity contribution in [2.75, 3.05) is 0 Å². The molecule has 0 aromatic carbocycles. The van der Waals surface area contributed by atoms with Gasteiger partial charge in [0.1, 0.15) is 0 Å². The Kier molecular flexibility index (Phi) is 1.68. The first-order valence-corrected chi connectivity index (χ1v) is 4.88. The van der Waals surface area contributed by atoms with Gasteiger partial charge in [0.25, 0.3) is 0 Å². The van der Waals surface area contributed by atoms with E-state index in [0.717, 1.165) is 5.92 Å².